The van der Waals surface area contributed by atoms with Gasteiger partial charge >= 0.3 is 0 Å². The maximum absolute atomic E-state index is 4.54. The Labute approximate surface area is 107 Å². The first-order valence-corrected chi connectivity index (χ1v) is 6.97. The van der Waals surface area contributed by atoms with Crippen LogP contribution >= 0.6 is 11.3 Å². The van der Waals surface area contributed by atoms with Crippen molar-refractivity contribution in [3.8, 4) is 0 Å². The minimum absolute atomic E-state index is 0.394. The van der Waals surface area contributed by atoms with Crippen LogP contribution in [0.15, 0.2) is 23.7 Å². The first-order valence-electron chi connectivity index (χ1n) is 6.09. The first kappa shape index (κ1) is 12.2. The van der Waals surface area contributed by atoms with Crippen molar-refractivity contribution in [2.24, 2.45) is 0 Å². The Morgan fingerprint density at radius 1 is 1.47 bits per heavy atom. The highest BCUT2D eigenvalue weighted by atomic mass is 32.1. The molecule has 3 nitrogen and oxygen atoms in total. The van der Waals surface area contributed by atoms with Gasteiger partial charge in [-0.05, 0) is 31.7 Å². The summed E-state index contributed by atoms with van der Waals surface area (Å²) in [5.41, 5.74) is 1.07. The number of hydrogen-bond acceptors (Lipinski definition) is 3. The summed E-state index contributed by atoms with van der Waals surface area (Å²) in [5.74, 6) is 0.977. The fraction of sp³-hybridized carbons (Fsp3) is 0.462. The molecule has 92 valence electrons. The van der Waals surface area contributed by atoms with Gasteiger partial charge in [0.1, 0.15) is 0 Å². The van der Waals surface area contributed by atoms with Crippen LogP contribution in [0, 0.1) is 6.92 Å². The summed E-state index contributed by atoms with van der Waals surface area (Å²) in [6.07, 6.45) is 3.21. The van der Waals surface area contributed by atoms with E-state index in [1.165, 1.54) is 4.88 Å². The van der Waals surface area contributed by atoms with Crippen molar-refractivity contribution in [1.82, 2.24) is 9.55 Å². The second-order valence-electron chi connectivity index (χ2n) is 4.08. The second-order valence-corrected chi connectivity index (χ2v) is 5.06. The molecule has 0 aliphatic rings. The zero-order chi connectivity index (χ0) is 12.3. The van der Waals surface area contributed by atoms with E-state index in [9.17, 15) is 0 Å². The third-order valence-electron chi connectivity index (χ3n) is 2.78. The Morgan fingerprint density at radius 2 is 2.29 bits per heavy atom. The quantitative estimate of drug-likeness (QED) is 0.876. The van der Waals surface area contributed by atoms with Gasteiger partial charge in [0.15, 0.2) is 0 Å². The predicted octanol–water partition coefficient (Wildman–Crippen LogP) is 3.68. The number of aryl methyl sites for hydroxylation is 1. The molecule has 0 aliphatic carbocycles. The zero-order valence-electron chi connectivity index (χ0n) is 10.6. The lowest BCUT2D eigenvalue weighted by atomic mass is 10.2. The van der Waals surface area contributed by atoms with Crippen LogP contribution in [0.5, 0.6) is 0 Å². The van der Waals surface area contributed by atoms with Crippen LogP contribution in [-0.4, -0.2) is 16.1 Å². The van der Waals surface area contributed by atoms with Crippen LogP contribution in [0.2, 0.25) is 0 Å². The number of imidazole rings is 1. The van der Waals surface area contributed by atoms with E-state index in [0.29, 0.717) is 6.04 Å². The largest absolute Gasteiger partial charge is 0.356 e. The van der Waals surface area contributed by atoms with E-state index in [1.807, 2.05) is 18.3 Å². The average Bonchev–Trinajstić information content (AvgIpc) is 2.92. The first-order chi connectivity index (χ1) is 8.26. The van der Waals surface area contributed by atoms with Crippen LogP contribution < -0.4 is 5.32 Å². The summed E-state index contributed by atoms with van der Waals surface area (Å²) < 4.78 is 2.25. The molecule has 0 radical (unpaired) electrons. The molecule has 17 heavy (non-hydrogen) atoms. The highest BCUT2D eigenvalue weighted by Crippen LogP contribution is 2.29. The van der Waals surface area contributed by atoms with Crippen LogP contribution in [0.3, 0.4) is 0 Å². The molecule has 2 aromatic rings. The van der Waals surface area contributed by atoms with E-state index in [0.717, 1.165) is 24.6 Å². The molecule has 2 rings (SSSR count). The molecule has 0 saturated heterocycles. The van der Waals surface area contributed by atoms with Crippen LogP contribution in [0.4, 0.5) is 5.95 Å². The molecular formula is C13H19N3S. The molecule has 0 amide bonds. The molecule has 0 bridgehead atoms. The van der Waals surface area contributed by atoms with Gasteiger partial charge in [0.25, 0.3) is 0 Å². The maximum Gasteiger partial charge on any atom is 0.203 e. The van der Waals surface area contributed by atoms with E-state index in [4.69, 9.17) is 0 Å². The molecule has 1 unspecified atom stereocenters. The van der Waals surface area contributed by atoms with Gasteiger partial charge in [-0.25, -0.2) is 4.98 Å². The Balaban J connectivity index is 2.36. The van der Waals surface area contributed by atoms with Crippen molar-refractivity contribution >= 4 is 17.3 Å². The number of rotatable bonds is 5. The second kappa shape index (κ2) is 5.36. The minimum Gasteiger partial charge on any atom is -0.356 e. The minimum atomic E-state index is 0.394. The summed E-state index contributed by atoms with van der Waals surface area (Å²) in [5, 5.41) is 5.46. The van der Waals surface area contributed by atoms with Crippen molar-refractivity contribution in [1.29, 1.82) is 0 Å². The zero-order valence-corrected chi connectivity index (χ0v) is 11.4. The van der Waals surface area contributed by atoms with Gasteiger partial charge in [-0.15, -0.1) is 11.3 Å². The van der Waals surface area contributed by atoms with Crippen LogP contribution in [0.1, 0.15) is 36.9 Å². The number of thiophene rings is 1. The third kappa shape index (κ3) is 2.52. The van der Waals surface area contributed by atoms with Gasteiger partial charge in [-0.2, -0.15) is 0 Å². The maximum atomic E-state index is 4.54. The fourth-order valence-corrected chi connectivity index (χ4v) is 2.97. The van der Waals surface area contributed by atoms with Gasteiger partial charge < -0.3 is 9.88 Å². The molecule has 0 fully saturated rings. The lowest BCUT2D eigenvalue weighted by Gasteiger charge is -2.18. The molecule has 0 saturated carbocycles. The lowest BCUT2D eigenvalue weighted by molar-refractivity contribution is 0.580. The topological polar surface area (TPSA) is 29.9 Å². The lowest BCUT2D eigenvalue weighted by Crippen LogP contribution is -2.12. The van der Waals surface area contributed by atoms with Gasteiger partial charge in [0.2, 0.25) is 5.95 Å². The summed E-state index contributed by atoms with van der Waals surface area (Å²) in [4.78, 5) is 5.93. The number of nitrogens with one attached hydrogen (secondary N) is 1. The normalized spacial score (nSPS) is 12.6. The Morgan fingerprint density at radius 3 is 2.88 bits per heavy atom. The predicted molar refractivity (Wildman–Crippen MR) is 73.9 cm³/mol. The number of aromatic nitrogens is 2. The average molecular weight is 249 g/mol. The summed E-state index contributed by atoms with van der Waals surface area (Å²) in [6.45, 7) is 7.26. The molecule has 0 aromatic carbocycles. The Kier molecular flexibility index (Phi) is 3.84. The number of nitrogens with zero attached hydrogens (tertiary/aromatic N) is 2. The van der Waals surface area contributed by atoms with E-state index < -0.39 is 0 Å². The highest BCUT2D eigenvalue weighted by Gasteiger charge is 2.16. The number of hydrogen-bond donors (Lipinski definition) is 1. The van der Waals surface area contributed by atoms with Crippen LogP contribution in [0.25, 0.3) is 0 Å². The van der Waals surface area contributed by atoms with Crippen molar-refractivity contribution < 1.29 is 0 Å². The Bertz CT molecular complexity index is 459. The smallest absolute Gasteiger partial charge is 0.203 e. The van der Waals surface area contributed by atoms with Crippen molar-refractivity contribution in [2.45, 2.75) is 33.2 Å². The van der Waals surface area contributed by atoms with Gasteiger partial charge in [-0.3, -0.25) is 0 Å². The van der Waals surface area contributed by atoms with E-state index in [-0.39, 0.29) is 0 Å². The molecule has 2 aromatic heterocycles. The molecule has 0 aliphatic heterocycles. The summed E-state index contributed by atoms with van der Waals surface area (Å²) in [6, 6.07) is 4.70. The fourth-order valence-electron chi connectivity index (χ4n) is 2.06. The highest BCUT2D eigenvalue weighted by molar-refractivity contribution is 7.10. The van der Waals surface area contributed by atoms with Crippen molar-refractivity contribution in [2.75, 3.05) is 11.9 Å². The SMILES string of the molecule is CCNc1nc(C)cn1C(CC)c1cccs1. The monoisotopic (exact) mass is 249 g/mol. The van der Waals surface area contributed by atoms with E-state index in [1.54, 1.807) is 0 Å². The standard InChI is InChI=1S/C13H19N3S/c1-4-11(12-7-6-8-17-12)16-9-10(3)15-13(16)14-5-2/h6-9,11H,4-5H2,1-3H3,(H,14,15). The molecule has 2 heterocycles. The van der Waals surface area contributed by atoms with Crippen molar-refractivity contribution in [3.63, 3.8) is 0 Å². The van der Waals surface area contributed by atoms with Gasteiger partial charge in [0.05, 0.1) is 11.7 Å². The van der Waals surface area contributed by atoms with E-state index >= 15 is 0 Å². The third-order valence-corrected chi connectivity index (χ3v) is 3.76. The van der Waals surface area contributed by atoms with Gasteiger partial charge in [0, 0.05) is 17.6 Å². The molecule has 1 atom stereocenters. The Hall–Kier alpha value is -1.29. The van der Waals surface area contributed by atoms with Crippen molar-refractivity contribution in [3.05, 3.63) is 34.3 Å². The molecule has 4 heteroatoms. The molecule has 1 N–H and O–H groups in total. The number of anilines is 1. The summed E-state index contributed by atoms with van der Waals surface area (Å²) in [7, 11) is 0. The molecule has 0 spiro atoms. The molecular weight excluding hydrogens is 230 g/mol. The van der Waals surface area contributed by atoms with Gasteiger partial charge in [-0.1, -0.05) is 13.0 Å². The van der Waals surface area contributed by atoms with E-state index in [2.05, 4.69) is 52.4 Å². The summed E-state index contributed by atoms with van der Waals surface area (Å²) >= 11 is 1.81. The van der Waals surface area contributed by atoms with Crippen LogP contribution in [-0.2, 0) is 0 Å².